The molecule has 3 heteroatoms. The Morgan fingerprint density at radius 3 is 2.20 bits per heavy atom. The van der Waals surface area contributed by atoms with E-state index in [1.54, 1.807) is 11.3 Å². The van der Waals surface area contributed by atoms with E-state index in [9.17, 15) is 4.79 Å². The van der Waals surface area contributed by atoms with E-state index >= 15 is 0 Å². The molecule has 5 aromatic rings. The number of benzene rings is 3. The summed E-state index contributed by atoms with van der Waals surface area (Å²) in [6, 6.07) is 32.3. The Balaban J connectivity index is 1.74. The molecule has 0 aliphatic carbocycles. The number of Topliss-reactive ketones (excluding diaryl/α,β-unsaturated/α-hetero) is 1. The Kier molecular flexibility index (Phi) is 5.04. The largest absolute Gasteiger partial charge is 0.361 e. The van der Waals surface area contributed by atoms with Crippen molar-refractivity contribution in [2.75, 3.05) is 0 Å². The molecule has 2 nitrogen and oxygen atoms in total. The summed E-state index contributed by atoms with van der Waals surface area (Å²) in [7, 11) is 0. The first-order chi connectivity index (χ1) is 14.8. The van der Waals surface area contributed by atoms with Gasteiger partial charge in [0.25, 0.3) is 0 Å². The summed E-state index contributed by atoms with van der Waals surface area (Å²) in [5.74, 6) is -0.242. The number of ketones is 1. The molecule has 0 amide bonds. The Bertz CT molecular complexity index is 1260. The predicted octanol–water partition coefficient (Wildman–Crippen LogP) is 7.03. The van der Waals surface area contributed by atoms with Crippen LogP contribution in [0.2, 0.25) is 0 Å². The predicted molar refractivity (Wildman–Crippen MR) is 124 cm³/mol. The highest BCUT2D eigenvalue weighted by Crippen LogP contribution is 2.44. The lowest BCUT2D eigenvalue weighted by Gasteiger charge is -2.26. The van der Waals surface area contributed by atoms with Crippen molar-refractivity contribution in [2.45, 2.75) is 11.8 Å². The molecular weight excluding hydrogens is 386 g/mol. The van der Waals surface area contributed by atoms with Gasteiger partial charge >= 0.3 is 0 Å². The molecule has 5 rings (SSSR count). The highest BCUT2D eigenvalue weighted by atomic mass is 32.1. The second-order valence-corrected chi connectivity index (χ2v) is 8.38. The summed E-state index contributed by atoms with van der Waals surface area (Å²) in [5, 5.41) is 3.25. The average molecular weight is 408 g/mol. The lowest BCUT2D eigenvalue weighted by molar-refractivity contribution is 0.0952. The lowest BCUT2D eigenvalue weighted by Crippen LogP contribution is -2.21. The van der Waals surface area contributed by atoms with E-state index in [2.05, 4.69) is 59.0 Å². The van der Waals surface area contributed by atoms with E-state index in [4.69, 9.17) is 0 Å². The number of hydrogen-bond acceptors (Lipinski definition) is 2. The van der Waals surface area contributed by atoms with Crippen molar-refractivity contribution in [3.8, 4) is 0 Å². The van der Waals surface area contributed by atoms with Gasteiger partial charge in [-0.25, -0.2) is 0 Å². The summed E-state index contributed by atoms with van der Waals surface area (Å²) in [6.45, 7) is 0. The number of aromatic nitrogens is 1. The van der Waals surface area contributed by atoms with Gasteiger partial charge in [0.05, 0.1) is 5.92 Å². The number of thiophene rings is 1. The normalized spacial score (nSPS) is 13.2. The van der Waals surface area contributed by atoms with Gasteiger partial charge in [0.15, 0.2) is 5.78 Å². The van der Waals surface area contributed by atoms with Crippen LogP contribution in [0.3, 0.4) is 0 Å². The number of rotatable bonds is 6. The third kappa shape index (κ3) is 3.38. The fraction of sp³-hybridized carbons (Fsp3) is 0.0741. The van der Waals surface area contributed by atoms with Crippen LogP contribution in [0, 0.1) is 0 Å². The molecule has 0 aliphatic rings. The van der Waals surface area contributed by atoms with E-state index in [1.165, 1.54) is 4.88 Å². The number of aromatic amines is 1. The zero-order valence-corrected chi connectivity index (χ0v) is 17.2. The van der Waals surface area contributed by atoms with Crippen molar-refractivity contribution in [3.05, 3.63) is 130 Å². The minimum Gasteiger partial charge on any atom is -0.361 e. The molecule has 0 spiro atoms. The number of carbonyl (C=O) groups excluding carboxylic acids is 1. The molecule has 30 heavy (non-hydrogen) atoms. The topological polar surface area (TPSA) is 32.9 Å². The van der Waals surface area contributed by atoms with Crippen LogP contribution in [0.25, 0.3) is 10.9 Å². The van der Waals surface area contributed by atoms with Crippen molar-refractivity contribution in [1.29, 1.82) is 0 Å². The van der Waals surface area contributed by atoms with Crippen LogP contribution in [0.5, 0.6) is 0 Å². The van der Waals surface area contributed by atoms with Gasteiger partial charge in [-0.05, 0) is 28.6 Å². The third-order valence-corrected chi connectivity index (χ3v) is 6.59. The van der Waals surface area contributed by atoms with E-state index in [0.717, 1.165) is 27.6 Å². The second kappa shape index (κ2) is 8.13. The fourth-order valence-corrected chi connectivity index (χ4v) is 5.14. The van der Waals surface area contributed by atoms with E-state index in [1.807, 2.05) is 54.6 Å². The van der Waals surface area contributed by atoms with Crippen molar-refractivity contribution < 1.29 is 4.79 Å². The van der Waals surface area contributed by atoms with Crippen LogP contribution in [-0.4, -0.2) is 10.8 Å². The van der Waals surface area contributed by atoms with Gasteiger partial charge in [0.2, 0.25) is 0 Å². The molecule has 1 N–H and O–H groups in total. The van der Waals surface area contributed by atoms with Crippen LogP contribution in [0.4, 0.5) is 0 Å². The SMILES string of the molecule is O=C(c1ccccc1)C(c1ccccc1)C(c1cccs1)c1c[nH]c2ccccc12. The highest BCUT2D eigenvalue weighted by molar-refractivity contribution is 7.10. The first-order valence-electron chi connectivity index (χ1n) is 10.1. The first-order valence-corrected chi connectivity index (χ1v) is 10.9. The van der Waals surface area contributed by atoms with Crippen LogP contribution < -0.4 is 0 Å². The Morgan fingerprint density at radius 2 is 1.47 bits per heavy atom. The molecule has 146 valence electrons. The molecule has 2 heterocycles. The van der Waals surface area contributed by atoms with Crippen molar-refractivity contribution in [3.63, 3.8) is 0 Å². The van der Waals surface area contributed by atoms with Crippen molar-refractivity contribution >= 4 is 28.0 Å². The number of hydrogen-bond donors (Lipinski definition) is 1. The van der Waals surface area contributed by atoms with Gasteiger partial charge < -0.3 is 4.98 Å². The molecule has 0 bridgehead atoms. The molecule has 2 atom stereocenters. The minimum atomic E-state index is -0.313. The van der Waals surface area contributed by atoms with Crippen LogP contribution >= 0.6 is 11.3 Å². The zero-order chi connectivity index (χ0) is 20.3. The quantitative estimate of drug-likeness (QED) is 0.301. The molecule has 0 saturated carbocycles. The summed E-state index contributed by atoms with van der Waals surface area (Å²) < 4.78 is 0. The maximum atomic E-state index is 13.9. The van der Waals surface area contributed by atoms with Gasteiger partial charge in [0.1, 0.15) is 0 Å². The van der Waals surface area contributed by atoms with Crippen LogP contribution in [0.15, 0.2) is 109 Å². The maximum Gasteiger partial charge on any atom is 0.171 e. The summed E-state index contributed by atoms with van der Waals surface area (Å²) in [5.41, 5.74) is 4.03. The molecule has 3 aromatic carbocycles. The Labute approximate surface area is 179 Å². The molecule has 2 unspecified atom stereocenters. The smallest absolute Gasteiger partial charge is 0.171 e. The number of fused-ring (bicyclic) bond motifs is 1. The first kappa shape index (κ1) is 18.6. The summed E-state index contributed by atoms with van der Waals surface area (Å²) >= 11 is 1.71. The molecule has 2 aromatic heterocycles. The molecular formula is C27H21NOS. The van der Waals surface area contributed by atoms with Gasteiger partial charge in [0, 0.05) is 33.5 Å². The van der Waals surface area contributed by atoms with E-state index in [0.29, 0.717) is 0 Å². The minimum absolute atomic E-state index is 0.0729. The fourth-order valence-electron chi connectivity index (χ4n) is 4.25. The highest BCUT2D eigenvalue weighted by Gasteiger charge is 2.34. The molecule has 0 fully saturated rings. The average Bonchev–Trinajstić information content (AvgIpc) is 3.49. The van der Waals surface area contributed by atoms with E-state index in [-0.39, 0.29) is 17.6 Å². The molecule has 0 radical (unpaired) electrons. The third-order valence-electron chi connectivity index (χ3n) is 5.64. The zero-order valence-electron chi connectivity index (χ0n) is 16.4. The molecule has 0 saturated heterocycles. The number of nitrogens with one attached hydrogen (secondary N) is 1. The number of carbonyl (C=O) groups is 1. The lowest BCUT2D eigenvalue weighted by atomic mass is 9.76. The van der Waals surface area contributed by atoms with Gasteiger partial charge in [-0.3, -0.25) is 4.79 Å². The van der Waals surface area contributed by atoms with Crippen molar-refractivity contribution in [1.82, 2.24) is 4.98 Å². The Morgan fingerprint density at radius 1 is 0.767 bits per heavy atom. The monoisotopic (exact) mass is 407 g/mol. The van der Waals surface area contributed by atoms with Gasteiger partial charge in [-0.1, -0.05) is 84.9 Å². The molecule has 0 aliphatic heterocycles. The van der Waals surface area contributed by atoms with Gasteiger partial charge in [-0.15, -0.1) is 11.3 Å². The van der Waals surface area contributed by atoms with Crippen LogP contribution in [-0.2, 0) is 0 Å². The second-order valence-electron chi connectivity index (χ2n) is 7.40. The van der Waals surface area contributed by atoms with Crippen molar-refractivity contribution in [2.24, 2.45) is 0 Å². The van der Waals surface area contributed by atoms with Crippen LogP contribution in [0.1, 0.15) is 38.2 Å². The summed E-state index contributed by atoms with van der Waals surface area (Å²) in [4.78, 5) is 18.5. The maximum absolute atomic E-state index is 13.9. The standard InChI is InChI=1S/C27H21NOS/c29-27(20-12-5-2-6-13-20)25(19-10-3-1-4-11-19)26(24-16-9-17-30-24)22-18-28-23-15-8-7-14-21(22)23/h1-18,25-26,28H. The van der Waals surface area contributed by atoms with Gasteiger partial charge in [-0.2, -0.15) is 0 Å². The van der Waals surface area contributed by atoms with E-state index < -0.39 is 0 Å². The number of H-pyrrole nitrogens is 1. The Hall–Kier alpha value is -3.43. The number of para-hydroxylation sites is 1. The summed E-state index contributed by atoms with van der Waals surface area (Å²) in [6.07, 6.45) is 2.07.